The smallest absolute Gasteiger partial charge is 0.315 e. The van der Waals surface area contributed by atoms with Crippen LogP contribution in [0, 0.1) is 5.41 Å². The van der Waals surface area contributed by atoms with E-state index >= 15 is 0 Å². The molecule has 0 saturated heterocycles. The van der Waals surface area contributed by atoms with Crippen molar-refractivity contribution in [2.75, 3.05) is 7.11 Å². The highest BCUT2D eigenvalue weighted by molar-refractivity contribution is 5.79. The van der Waals surface area contributed by atoms with E-state index in [1.165, 1.54) is 12.7 Å². The number of rotatable bonds is 1. The minimum atomic E-state index is -0.461. The number of esters is 1. The molecule has 1 aliphatic rings. The van der Waals surface area contributed by atoms with E-state index in [-0.39, 0.29) is 5.97 Å². The molecule has 0 bridgehead atoms. The summed E-state index contributed by atoms with van der Waals surface area (Å²) in [6.07, 6.45) is 4.84. The molecule has 1 aliphatic carbocycles. The monoisotopic (exact) mass is 180 g/mol. The van der Waals surface area contributed by atoms with Gasteiger partial charge in [-0.05, 0) is 27.2 Å². The number of hydrogen-bond acceptors (Lipinski definition) is 2. The molecule has 0 aromatic rings. The second-order valence-electron chi connectivity index (χ2n) is 3.96. The molecular weight excluding hydrogens is 164 g/mol. The van der Waals surface area contributed by atoms with Crippen LogP contribution in [-0.4, -0.2) is 13.1 Å². The summed E-state index contributed by atoms with van der Waals surface area (Å²) < 4.78 is 4.78. The summed E-state index contributed by atoms with van der Waals surface area (Å²) in [5, 5.41) is 0. The van der Waals surface area contributed by atoms with Gasteiger partial charge in [0.05, 0.1) is 12.5 Å². The fourth-order valence-corrected chi connectivity index (χ4v) is 1.98. The highest BCUT2D eigenvalue weighted by atomic mass is 16.5. The maximum absolute atomic E-state index is 11.5. The molecule has 0 heterocycles. The molecule has 1 unspecified atom stereocenters. The lowest BCUT2D eigenvalue weighted by Crippen LogP contribution is -2.29. The average Bonchev–Trinajstić information content (AvgIpc) is 2.00. The first-order chi connectivity index (χ1) is 5.98. The number of carbonyl (C=O) groups is 1. The molecule has 0 radical (unpaired) electrons. The van der Waals surface area contributed by atoms with Crippen LogP contribution in [0.15, 0.2) is 23.3 Å². The second kappa shape index (κ2) is 3.36. The zero-order chi connectivity index (χ0) is 10.1. The van der Waals surface area contributed by atoms with E-state index < -0.39 is 5.41 Å². The van der Waals surface area contributed by atoms with Crippen molar-refractivity contribution in [3.8, 4) is 0 Å². The van der Waals surface area contributed by atoms with Crippen LogP contribution in [0.3, 0.4) is 0 Å². The van der Waals surface area contributed by atoms with E-state index in [0.29, 0.717) is 0 Å². The third-order valence-electron chi connectivity index (χ3n) is 2.32. The lowest BCUT2D eigenvalue weighted by molar-refractivity contribution is -0.149. The van der Waals surface area contributed by atoms with Gasteiger partial charge in [-0.1, -0.05) is 23.3 Å². The van der Waals surface area contributed by atoms with Gasteiger partial charge in [0.2, 0.25) is 0 Å². The Morgan fingerprint density at radius 3 is 2.62 bits per heavy atom. The van der Waals surface area contributed by atoms with Crippen molar-refractivity contribution in [3.05, 3.63) is 23.3 Å². The fourth-order valence-electron chi connectivity index (χ4n) is 1.98. The molecule has 0 saturated carbocycles. The highest BCUT2D eigenvalue weighted by Gasteiger charge is 2.33. The summed E-state index contributed by atoms with van der Waals surface area (Å²) in [4.78, 5) is 11.5. The minimum absolute atomic E-state index is 0.153. The van der Waals surface area contributed by atoms with E-state index in [2.05, 4.69) is 6.08 Å². The normalized spacial score (nSPS) is 27.7. The summed E-state index contributed by atoms with van der Waals surface area (Å²) in [6.45, 7) is 5.96. The summed E-state index contributed by atoms with van der Waals surface area (Å²) in [5.41, 5.74) is 1.90. The first kappa shape index (κ1) is 10.0. The second-order valence-corrected chi connectivity index (χ2v) is 3.96. The first-order valence-corrected chi connectivity index (χ1v) is 4.43. The van der Waals surface area contributed by atoms with E-state index in [1.807, 2.05) is 26.8 Å². The van der Waals surface area contributed by atoms with E-state index in [0.717, 1.165) is 12.0 Å². The molecule has 0 aromatic heterocycles. The number of allylic oxidation sites excluding steroid dienone is 3. The Morgan fingerprint density at radius 2 is 2.15 bits per heavy atom. The average molecular weight is 180 g/mol. The van der Waals surface area contributed by atoms with Crippen molar-refractivity contribution in [2.45, 2.75) is 27.2 Å². The van der Waals surface area contributed by atoms with Crippen molar-refractivity contribution in [1.82, 2.24) is 0 Å². The maximum atomic E-state index is 11.5. The first-order valence-electron chi connectivity index (χ1n) is 4.43. The van der Waals surface area contributed by atoms with Gasteiger partial charge in [0.1, 0.15) is 0 Å². The summed E-state index contributed by atoms with van der Waals surface area (Å²) in [7, 11) is 1.43. The van der Waals surface area contributed by atoms with Gasteiger partial charge in [-0.15, -0.1) is 0 Å². The predicted octanol–water partition coefficient (Wildman–Crippen LogP) is 2.46. The molecule has 0 amide bonds. The Hall–Kier alpha value is -1.05. The standard InChI is InChI=1S/C11H16O2/c1-8-5-9(2)7-11(3,6-8)10(12)13-4/h5-6H,7H2,1-4H3. The van der Waals surface area contributed by atoms with Gasteiger partial charge in [-0.3, -0.25) is 4.79 Å². The van der Waals surface area contributed by atoms with E-state index in [4.69, 9.17) is 4.74 Å². The minimum Gasteiger partial charge on any atom is -0.468 e. The van der Waals surface area contributed by atoms with Gasteiger partial charge < -0.3 is 4.74 Å². The van der Waals surface area contributed by atoms with Crippen molar-refractivity contribution in [3.63, 3.8) is 0 Å². The lowest BCUT2D eigenvalue weighted by atomic mass is 9.78. The van der Waals surface area contributed by atoms with E-state index in [1.54, 1.807) is 0 Å². The van der Waals surface area contributed by atoms with Crippen LogP contribution in [0.5, 0.6) is 0 Å². The van der Waals surface area contributed by atoms with Gasteiger partial charge in [-0.25, -0.2) is 0 Å². The molecule has 0 spiro atoms. The molecule has 0 fully saturated rings. The molecule has 2 nitrogen and oxygen atoms in total. The molecule has 13 heavy (non-hydrogen) atoms. The zero-order valence-corrected chi connectivity index (χ0v) is 8.68. The zero-order valence-electron chi connectivity index (χ0n) is 8.68. The Bertz CT molecular complexity index is 286. The van der Waals surface area contributed by atoms with Crippen LogP contribution >= 0.6 is 0 Å². The Morgan fingerprint density at radius 1 is 1.54 bits per heavy atom. The molecular formula is C11H16O2. The van der Waals surface area contributed by atoms with Gasteiger partial charge in [0.15, 0.2) is 0 Å². The Kier molecular flexibility index (Phi) is 2.60. The summed E-state index contributed by atoms with van der Waals surface area (Å²) in [5.74, 6) is -0.153. The fraction of sp³-hybridized carbons (Fsp3) is 0.545. The van der Waals surface area contributed by atoms with Gasteiger partial charge in [-0.2, -0.15) is 0 Å². The molecule has 0 N–H and O–H groups in total. The Labute approximate surface area is 79.3 Å². The number of methoxy groups -OCH3 is 1. The largest absolute Gasteiger partial charge is 0.468 e. The van der Waals surface area contributed by atoms with Crippen molar-refractivity contribution in [1.29, 1.82) is 0 Å². The Balaban J connectivity index is 2.96. The van der Waals surface area contributed by atoms with Crippen molar-refractivity contribution < 1.29 is 9.53 Å². The predicted molar refractivity (Wildman–Crippen MR) is 52.3 cm³/mol. The number of carbonyl (C=O) groups excluding carboxylic acids is 1. The summed E-state index contributed by atoms with van der Waals surface area (Å²) >= 11 is 0. The van der Waals surface area contributed by atoms with Crippen molar-refractivity contribution >= 4 is 5.97 Å². The maximum Gasteiger partial charge on any atom is 0.315 e. The highest BCUT2D eigenvalue weighted by Crippen LogP contribution is 2.34. The number of hydrogen-bond donors (Lipinski definition) is 0. The number of ether oxygens (including phenoxy) is 1. The summed E-state index contributed by atoms with van der Waals surface area (Å²) in [6, 6.07) is 0. The van der Waals surface area contributed by atoms with Crippen LogP contribution in [0.1, 0.15) is 27.2 Å². The molecule has 0 aliphatic heterocycles. The topological polar surface area (TPSA) is 26.3 Å². The van der Waals surface area contributed by atoms with Crippen LogP contribution in [-0.2, 0) is 9.53 Å². The van der Waals surface area contributed by atoms with E-state index in [9.17, 15) is 4.79 Å². The van der Waals surface area contributed by atoms with Crippen LogP contribution in [0.4, 0.5) is 0 Å². The molecule has 72 valence electrons. The van der Waals surface area contributed by atoms with Crippen LogP contribution in [0.25, 0.3) is 0 Å². The molecule has 1 atom stereocenters. The van der Waals surface area contributed by atoms with Gasteiger partial charge in [0, 0.05) is 0 Å². The van der Waals surface area contributed by atoms with Gasteiger partial charge in [0.25, 0.3) is 0 Å². The van der Waals surface area contributed by atoms with Gasteiger partial charge >= 0.3 is 5.97 Å². The van der Waals surface area contributed by atoms with Crippen LogP contribution in [0.2, 0.25) is 0 Å². The van der Waals surface area contributed by atoms with Crippen molar-refractivity contribution in [2.24, 2.45) is 5.41 Å². The quantitative estimate of drug-likeness (QED) is 0.579. The molecule has 2 heteroatoms. The third-order valence-corrected chi connectivity index (χ3v) is 2.32. The lowest BCUT2D eigenvalue weighted by Gasteiger charge is -2.27. The molecule has 0 aromatic carbocycles. The molecule has 1 rings (SSSR count). The SMILES string of the molecule is COC(=O)C1(C)C=C(C)C=C(C)C1. The third kappa shape index (κ3) is 2.00. The van der Waals surface area contributed by atoms with Crippen LogP contribution < -0.4 is 0 Å².